The van der Waals surface area contributed by atoms with Gasteiger partial charge < -0.3 is 14.8 Å². The minimum Gasteiger partial charge on any atom is -0.493 e. The highest BCUT2D eigenvalue weighted by molar-refractivity contribution is 5.93. The lowest BCUT2D eigenvalue weighted by molar-refractivity contribution is 0.354. The molecular formula is C19H19NO2. The summed E-state index contributed by atoms with van der Waals surface area (Å²) in [6, 6.07) is 20.6. The Balaban J connectivity index is 1.82. The number of ether oxygens (including phenoxy) is 2. The van der Waals surface area contributed by atoms with Crippen molar-refractivity contribution in [2.45, 2.75) is 6.54 Å². The van der Waals surface area contributed by atoms with E-state index in [1.165, 1.54) is 10.8 Å². The van der Waals surface area contributed by atoms with Crippen LogP contribution in [0.4, 0.5) is 5.69 Å². The molecule has 0 amide bonds. The third-order valence-corrected chi connectivity index (χ3v) is 3.72. The van der Waals surface area contributed by atoms with Gasteiger partial charge in [-0.3, -0.25) is 0 Å². The lowest BCUT2D eigenvalue weighted by atomic mass is 10.1. The normalized spacial score (nSPS) is 10.5. The summed E-state index contributed by atoms with van der Waals surface area (Å²) >= 11 is 0. The molecule has 0 heterocycles. The molecule has 0 unspecified atom stereocenters. The van der Waals surface area contributed by atoms with Gasteiger partial charge in [0.05, 0.1) is 14.2 Å². The molecule has 3 rings (SSSR count). The molecule has 3 aromatic rings. The average molecular weight is 293 g/mol. The maximum absolute atomic E-state index is 5.35. The Bertz CT molecular complexity index is 778. The van der Waals surface area contributed by atoms with Crippen molar-refractivity contribution in [3.05, 3.63) is 66.2 Å². The molecule has 0 spiro atoms. The minimum absolute atomic E-state index is 0.731. The van der Waals surface area contributed by atoms with Crippen LogP contribution < -0.4 is 14.8 Å². The Morgan fingerprint density at radius 3 is 2.41 bits per heavy atom. The smallest absolute Gasteiger partial charge is 0.161 e. The van der Waals surface area contributed by atoms with Crippen LogP contribution in [0, 0.1) is 0 Å². The Morgan fingerprint density at radius 2 is 1.59 bits per heavy atom. The molecule has 0 radical (unpaired) electrons. The van der Waals surface area contributed by atoms with Gasteiger partial charge in [0.1, 0.15) is 0 Å². The zero-order valence-corrected chi connectivity index (χ0v) is 12.8. The number of fused-ring (bicyclic) bond motifs is 1. The molecule has 0 aliphatic carbocycles. The van der Waals surface area contributed by atoms with E-state index < -0.39 is 0 Å². The number of benzene rings is 3. The van der Waals surface area contributed by atoms with E-state index in [-0.39, 0.29) is 0 Å². The monoisotopic (exact) mass is 293 g/mol. The van der Waals surface area contributed by atoms with Crippen molar-refractivity contribution in [3.63, 3.8) is 0 Å². The predicted octanol–water partition coefficient (Wildman–Crippen LogP) is 4.47. The Kier molecular flexibility index (Phi) is 4.15. The van der Waals surface area contributed by atoms with Gasteiger partial charge in [-0.1, -0.05) is 42.5 Å². The summed E-state index contributed by atoms with van der Waals surface area (Å²) in [5, 5.41) is 5.96. The van der Waals surface area contributed by atoms with Crippen LogP contribution in [0.2, 0.25) is 0 Å². The third-order valence-electron chi connectivity index (χ3n) is 3.72. The number of methoxy groups -OCH3 is 2. The molecule has 0 saturated carbocycles. The SMILES string of the molecule is COc1ccc(CNc2cccc3ccccc23)cc1OC. The van der Waals surface area contributed by atoms with E-state index in [0.717, 1.165) is 29.3 Å². The highest BCUT2D eigenvalue weighted by Gasteiger charge is 2.05. The van der Waals surface area contributed by atoms with Crippen molar-refractivity contribution >= 4 is 16.5 Å². The Labute approximate surface area is 130 Å². The summed E-state index contributed by atoms with van der Waals surface area (Å²) in [5.74, 6) is 1.50. The van der Waals surface area contributed by atoms with Crippen LogP contribution in [-0.4, -0.2) is 14.2 Å². The first-order valence-corrected chi connectivity index (χ1v) is 7.24. The number of anilines is 1. The summed E-state index contributed by atoms with van der Waals surface area (Å²) in [5.41, 5.74) is 2.28. The van der Waals surface area contributed by atoms with E-state index in [1.807, 2.05) is 18.2 Å². The maximum atomic E-state index is 5.35. The molecule has 3 heteroatoms. The van der Waals surface area contributed by atoms with Gasteiger partial charge in [-0.2, -0.15) is 0 Å². The molecule has 0 atom stereocenters. The van der Waals surface area contributed by atoms with Gasteiger partial charge >= 0.3 is 0 Å². The van der Waals surface area contributed by atoms with Crippen molar-refractivity contribution in [2.75, 3.05) is 19.5 Å². The second kappa shape index (κ2) is 6.39. The Hall–Kier alpha value is -2.68. The van der Waals surface area contributed by atoms with Gasteiger partial charge in [-0.25, -0.2) is 0 Å². The molecule has 0 aliphatic rings. The first-order chi connectivity index (χ1) is 10.8. The van der Waals surface area contributed by atoms with E-state index in [1.54, 1.807) is 14.2 Å². The summed E-state index contributed by atoms with van der Waals surface area (Å²) < 4.78 is 10.6. The molecule has 22 heavy (non-hydrogen) atoms. The van der Waals surface area contributed by atoms with Gasteiger partial charge in [0.2, 0.25) is 0 Å². The molecule has 0 saturated heterocycles. The molecule has 3 nitrogen and oxygen atoms in total. The quantitative estimate of drug-likeness (QED) is 0.753. The van der Waals surface area contributed by atoms with E-state index in [0.29, 0.717) is 0 Å². The largest absolute Gasteiger partial charge is 0.493 e. The van der Waals surface area contributed by atoms with Crippen molar-refractivity contribution < 1.29 is 9.47 Å². The van der Waals surface area contributed by atoms with Crippen LogP contribution in [0.1, 0.15) is 5.56 Å². The number of rotatable bonds is 5. The first kappa shape index (κ1) is 14.3. The molecule has 1 N–H and O–H groups in total. The fraction of sp³-hybridized carbons (Fsp3) is 0.158. The fourth-order valence-corrected chi connectivity index (χ4v) is 2.57. The van der Waals surface area contributed by atoms with Crippen molar-refractivity contribution in [1.29, 1.82) is 0 Å². The lowest BCUT2D eigenvalue weighted by Crippen LogP contribution is -2.01. The number of hydrogen-bond donors (Lipinski definition) is 1. The van der Waals surface area contributed by atoms with Gasteiger partial charge in [-0.05, 0) is 29.1 Å². The first-order valence-electron chi connectivity index (χ1n) is 7.24. The van der Waals surface area contributed by atoms with Crippen LogP contribution in [0.25, 0.3) is 10.8 Å². The van der Waals surface area contributed by atoms with Crippen molar-refractivity contribution in [2.24, 2.45) is 0 Å². The maximum Gasteiger partial charge on any atom is 0.161 e. The second-order valence-corrected chi connectivity index (χ2v) is 5.07. The average Bonchev–Trinajstić information content (AvgIpc) is 2.59. The summed E-state index contributed by atoms with van der Waals surface area (Å²) in [6.07, 6.45) is 0. The number of hydrogen-bond acceptors (Lipinski definition) is 3. The Morgan fingerprint density at radius 1 is 0.818 bits per heavy atom. The molecule has 0 bridgehead atoms. The predicted molar refractivity (Wildman–Crippen MR) is 90.8 cm³/mol. The minimum atomic E-state index is 0.731. The molecule has 3 aromatic carbocycles. The highest BCUT2D eigenvalue weighted by Crippen LogP contribution is 2.28. The van der Waals surface area contributed by atoms with Gasteiger partial charge in [0, 0.05) is 17.6 Å². The van der Waals surface area contributed by atoms with Crippen molar-refractivity contribution in [1.82, 2.24) is 0 Å². The van der Waals surface area contributed by atoms with Crippen LogP contribution in [0.15, 0.2) is 60.7 Å². The fourth-order valence-electron chi connectivity index (χ4n) is 2.57. The highest BCUT2D eigenvalue weighted by atomic mass is 16.5. The second-order valence-electron chi connectivity index (χ2n) is 5.07. The van der Waals surface area contributed by atoms with Gasteiger partial charge in [0.15, 0.2) is 11.5 Å². The van der Waals surface area contributed by atoms with E-state index in [2.05, 4.69) is 47.8 Å². The van der Waals surface area contributed by atoms with Crippen LogP contribution >= 0.6 is 0 Å². The molecule has 112 valence electrons. The van der Waals surface area contributed by atoms with Gasteiger partial charge in [0.25, 0.3) is 0 Å². The van der Waals surface area contributed by atoms with Crippen LogP contribution in [0.3, 0.4) is 0 Å². The topological polar surface area (TPSA) is 30.5 Å². The molecule has 0 aromatic heterocycles. The van der Waals surface area contributed by atoms with E-state index in [9.17, 15) is 0 Å². The summed E-state index contributed by atoms with van der Waals surface area (Å²) in [4.78, 5) is 0. The van der Waals surface area contributed by atoms with Crippen LogP contribution in [-0.2, 0) is 6.54 Å². The zero-order chi connectivity index (χ0) is 15.4. The third kappa shape index (κ3) is 2.84. The summed E-state index contributed by atoms with van der Waals surface area (Å²) in [6.45, 7) is 0.731. The zero-order valence-electron chi connectivity index (χ0n) is 12.8. The molecular weight excluding hydrogens is 274 g/mol. The molecule has 0 fully saturated rings. The van der Waals surface area contributed by atoms with E-state index >= 15 is 0 Å². The summed E-state index contributed by atoms with van der Waals surface area (Å²) in [7, 11) is 3.30. The standard InChI is InChI=1S/C19H19NO2/c1-21-18-11-10-14(12-19(18)22-2)13-20-17-9-5-7-15-6-3-4-8-16(15)17/h3-12,20H,13H2,1-2H3. The van der Waals surface area contributed by atoms with Crippen molar-refractivity contribution in [3.8, 4) is 11.5 Å². The lowest BCUT2D eigenvalue weighted by Gasteiger charge is -2.12. The van der Waals surface area contributed by atoms with E-state index in [4.69, 9.17) is 9.47 Å². The number of nitrogens with one attached hydrogen (secondary N) is 1. The van der Waals surface area contributed by atoms with Crippen LogP contribution in [0.5, 0.6) is 11.5 Å². The van der Waals surface area contributed by atoms with Gasteiger partial charge in [-0.15, -0.1) is 0 Å². The molecule has 0 aliphatic heterocycles.